The van der Waals surface area contributed by atoms with E-state index in [2.05, 4.69) is 60.7 Å². The molecule has 0 aliphatic heterocycles. The number of hydrogen-bond donors (Lipinski definition) is 1. The predicted molar refractivity (Wildman–Crippen MR) is 103 cm³/mol. The molecule has 2 heteroatoms. The Hall–Kier alpha value is -3.13. The summed E-state index contributed by atoms with van der Waals surface area (Å²) in [6.45, 7) is 0. The molecule has 0 saturated carbocycles. The van der Waals surface area contributed by atoms with E-state index in [1.807, 2.05) is 12.2 Å². The van der Waals surface area contributed by atoms with E-state index >= 15 is 0 Å². The van der Waals surface area contributed by atoms with Gasteiger partial charge in [-0.15, -0.1) is 0 Å². The van der Waals surface area contributed by atoms with Gasteiger partial charge >= 0.3 is 5.97 Å². The Labute approximate surface area is 145 Å². The van der Waals surface area contributed by atoms with Crippen LogP contribution in [0.1, 0.15) is 23.5 Å². The van der Waals surface area contributed by atoms with E-state index in [9.17, 15) is 9.90 Å². The third kappa shape index (κ3) is 2.22. The summed E-state index contributed by atoms with van der Waals surface area (Å²) in [5, 5.41) is 16.6. The quantitative estimate of drug-likeness (QED) is 0.454. The molecule has 0 amide bonds. The van der Waals surface area contributed by atoms with Crippen molar-refractivity contribution in [3.8, 4) is 0 Å². The number of carboxylic acid groups (broad SMARTS) is 1. The Bertz CT molecular complexity index is 1200. The second-order valence-electron chi connectivity index (χ2n) is 6.76. The van der Waals surface area contributed by atoms with Gasteiger partial charge in [0.05, 0.1) is 5.92 Å². The van der Waals surface area contributed by atoms with Crippen LogP contribution in [0.15, 0.2) is 66.7 Å². The van der Waals surface area contributed by atoms with Crippen LogP contribution in [0.4, 0.5) is 0 Å². The van der Waals surface area contributed by atoms with Crippen molar-refractivity contribution in [2.75, 3.05) is 0 Å². The van der Waals surface area contributed by atoms with Gasteiger partial charge in [-0.3, -0.25) is 4.79 Å². The highest BCUT2D eigenvalue weighted by atomic mass is 16.4. The molecular weight excluding hydrogens is 308 g/mol. The number of benzene rings is 4. The fourth-order valence-corrected chi connectivity index (χ4v) is 3.92. The van der Waals surface area contributed by atoms with E-state index < -0.39 is 11.9 Å². The molecule has 1 N–H and O–H groups in total. The minimum atomic E-state index is -0.753. The van der Waals surface area contributed by atoms with Crippen LogP contribution in [0.25, 0.3) is 38.4 Å². The Morgan fingerprint density at radius 2 is 1.36 bits per heavy atom. The van der Waals surface area contributed by atoms with Gasteiger partial charge in [0.25, 0.3) is 0 Å². The molecule has 0 aromatic heterocycles. The number of carbonyl (C=O) groups is 1. The highest BCUT2D eigenvalue weighted by molar-refractivity contribution is 6.05. The SMILES string of the molecule is O=C(O)C1CC=Cc2cc3cc4cc5ccccc5cc4cc3cc21. The van der Waals surface area contributed by atoms with Crippen LogP contribution in [0, 0.1) is 0 Å². The largest absolute Gasteiger partial charge is 0.481 e. The number of carboxylic acids is 1. The van der Waals surface area contributed by atoms with Crippen molar-refractivity contribution in [2.24, 2.45) is 0 Å². The van der Waals surface area contributed by atoms with Crippen LogP contribution in [0.2, 0.25) is 0 Å². The van der Waals surface area contributed by atoms with E-state index in [4.69, 9.17) is 0 Å². The normalized spacial score (nSPS) is 16.4. The van der Waals surface area contributed by atoms with E-state index in [1.165, 1.54) is 21.5 Å². The van der Waals surface area contributed by atoms with Crippen molar-refractivity contribution in [1.29, 1.82) is 0 Å². The lowest BCUT2D eigenvalue weighted by atomic mass is 9.85. The number of fused-ring (bicyclic) bond motifs is 4. The lowest BCUT2D eigenvalue weighted by molar-refractivity contribution is -0.138. The number of rotatable bonds is 1. The number of hydrogen-bond acceptors (Lipinski definition) is 1. The Balaban J connectivity index is 1.81. The molecule has 25 heavy (non-hydrogen) atoms. The maximum atomic E-state index is 11.6. The molecule has 0 spiro atoms. The van der Waals surface area contributed by atoms with E-state index in [-0.39, 0.29) is 0 Å². The lowest BCUT2D eigenvalue weighted by Gasteiger charge is -2.19. The van der Waals surface area contributed by atoms with Crippen molar-refractivity contribution < 1.29 is 9.90 Å². The number of aliphatic carboxylic acids is 1. The molecule has 0 radical (unpaired) electrons. The van der Waals surface area contributed by atoms with Gasteiger partial charge in [0, 0.05) is 0 Å². The zero-order valence-electron chi connectivity index (χ0n) is 13.6. The van der Waals surface area contributed by atoms with Gasteiger partial charge in [0.15, 0.2) is 0 Å². The van der Waals surface area contributed by atoms with Crippen molar-refractivity contribution in [3.05, 3.63) is 77.9 Å². The molecular formula is C23H16O2. The molecule has 4 aromatic carbocycles. The average Bonchev–Trinajstić information content (AvgIpc) is 2.62. The molecule has 5 rings (SSSR count). The van der Waals surface area contributed by atoms with Crippen LogP contribution < -0.4 is 0 Å². The molecule has 4 aromatic rings. The molecule has 0 fully saturated rings. The van der Waals surface area contributed by atoms with Gasteiger partial charge in [-0.1, -0.05) is 36.4 Å². The zero-order chi connectivity index (χ0) is 17.0. The molecule has 0 heterocycles. The fraction of sp³-hybridized carbons (Fsp3) is 0.0870. The Morgan fingerprint density at radius 3 is 2.00 bits per heavy atom. The summed E-state index contributed by atoms with van der Waals surface area (Å²) >= 11 is 0. The fourth-order valence-electron chi connectivity index (χ4n) is 3.92. The first-order valence-corrected chi connectivity index (χ1v) is 8.49. The van der Waals surface area contributed by atoms with E-state index in [0.29, 0.717) is 6.42 Å². The van der Waals surface area contributed by atoms with Gasteiger partial charge < -0.3 is 5.11 Å². The van der Waals surface area contributed by atoms with Crippen molar-refractivity contribution in [1.82, 2.24) is 0 Å². The second-order valence-corrected chi connectivity index (χ2v) is 6.76. The summed E-state index contributed by atoms with van der Waals surface area (Å²) in [4.78, 5) is 11.6. The topological polar surface area (TPSA) is 37.3 Å². The first kappa shape index (κ1) is 14.2. The second kappa shape index (κ2) is 5.18. The van der Waals surface area contributed by atoms with Crippen LogP contribution >= 0.6 is 0 Å². The Kier molecular flexibility index (Phi) is 2.95. The average molecular weight is 324 g/mol. The predicted octanol–water partition coefficient (Wildman–Crippen LogP) is 5.73. The van der Waals surface area contributed by atoms with Crippen LogP contribution in [-0.2, 0) is 4.79 Å². The minimum absolute atomic E-state index is 0.447. The van der Waals surface area contributed by atoms with Crippen LogP contribution in [0.5, 0.6) is 0 Å². The van der Waals surface area contributed by atoms with Gasteiger partial charge in [0.2, 0.25) is 0 Å². The minimum Gasteiger partial charge on any atom is -0.481 e. The lowest BCUT2D eigenvalue weighted by Crippen LogP contribution is -2.14. The van der Waals surface area contributed by atoms with Crippen molar-refractivity contribution in [2.45, 2.75) is 12.3 Å². The standard InChI is InChI=1S/C23H16O2/c24-23(25)21-7-3-6-16-10-19-11-17-8-14-4-1-2-5-15(14)9-18(17)12-20(19)13-22(16)21/h1-6,8-13,21H,7H2,(H,24,25). The highest BCUT2D eigenvalue weighted by Gasteiger charge is 2.24. The van der Waals surface area contributed by atoms with Crippen LogP contribution in [-0.4, -0.2) is 11.1 Å². The van der Waals surface area contributed by atoms with Crippen LogP contribution in [0.3, 0.4) is 0 Å². The van der Waals surface area contributed by atoms with E-state index in [1.54, 1.807) is 0 Å². The number of allylic oxidation sites excluding steroid dienone is 1. The van der Waals surface area contributed by atoms with E-state index in [0.717, 1.165) is 21.9 Å². The van der Waals surface area contributed by atoms with Gasteiger partial charge in [-0.05, 0) is 86.3 Å². The molecule has 1 aliphatic rings. The molecule has 2 nitrogen and oxygen atoms in total. The maximum Gasteiger partial charge on any atom is 0.311 e. The van der Waals surface area contributed by atoms with Gasteiger partial charge in [-0.2, -0.15) is 0 Å². The Morgan fingerprint density at radius 1 is 0.800 bits per heavy atom. The van der Waals surface area contributed by atoms with Gasteiger partial charge in [-0.25, -0.2) is 0 Å². The van der Waals surface area contributed by atoms with Gasteiger partial charge in [0.1, 0.15) is 0 Å². The first-order valence-electron chi connectivity index (χ1n) is 8.49. The summed E-state index contributed by atoms with van der Waals surface area (Å²) in [6, 6.07) is 21.3. The zero-order valence-corrected chi connectivity index (χ0v) is 13.6. The third-order valence-corrected chi connectivity index (χ3v) is 5.20. The first-order chi connectivity index (χ1) is 12.2. The monoisotopic (exact) mass is 324 g/mol. The molecule has 1 unspecified atom stereocenters. The molecule has 1 atom stereocenters. The smallest absolute Gasteiger partial charge is 0.311 e. The highest BCUT2D eigenvalue weighted by Crippen LogP contribution is 2.35. The van der Waals surface area contributed by atoms with Crippen molar-refractivity contribution >= 4 is 44.4 Å². The molecule has 0 bridgehead atoms. The molecule has 0 saturated heterocycles. The summed E-state index contributed by atoms with van der Waals surface area (Å²) in [6.07, 6.45) is 4.56. The molecule has 1 aliphatic carbocycles. The van der Waals surface area contributed by atoms with Crippen molar-refractivity contribution in [3.63, 3.8) is 0 Å². The summed E-state index contributed by atoms with van der Waals surface area (Å²) in [7, 11) is 0. The summed E-state index contributed by atoms with van der Waals surface area (Å²) in [5.41, 5.74) is 1.94. The summed E-state index contributed by atoms with van der Waals surface area (Å²) < 4.78 is 0. The third-order valence-electron chi connectivity index (χ3n) is 5.20. The maximum absolute atomic E-state index is 11.6. The molecule has 120 valence electrons. The summed E-state index contributed by atoms with van der Waals surface area (Å²) in [5.74, 6) is -1.20.